The van der Waals surface area contributed by atoms with Crippen molar-refractivity contribution in [2.45, 2.75) is 74.8 Å². The van der Waals surface area contributed by atoms with Gasteiger partial charge in [0.25, 0.3) is 0 Å². The summed E-state index contributed by atoms with van der Waals surface area (Å²) < 4.78 is 27.4. The van der Waals surface area contributed by atoms with Crippen molar-refractivity contribution in [3.63, 3.8) is 0 Å². The highest BCUT2D eigenvalue weighted by Crippen LogP contribution is 2.26. The highest BCUT2D eigenvalue weighted by molar-refractivity contribution is 7.89. The highest BCUT2D eigenvalue weighted by atomic mass is 32.2. The predicted molar refractivity (Wildman–Crippen MR) is 170 cm³/mol. The number of aromatic nitrogens is 1. The molecule has 12 heteroatoms. The number of unbranched alkanes of at least 4 members (excludes halogenated alkanes) is 1. The number of aryl methyl sites for hydroxylation is 2. The molecular weight excluding hydrogens is 594 g/mol. The summed E-state index contributed by atoms with van der Waals surface area (Å²) in [6.07, 6.45) is 5.72. The molecule has 1 aromatic heterocycles. The van der Waals surface area contributed by atoms with Crippen LogP contribution in [0.25, 0.3) is 0 Å². The molecule has 1 fully saturated rings. The van der Waals surface area contributed by atoms with Gasteiger partial charge < -0.3 is 21.1 Å². The van der Waals surface area contributed by atoms with Crippen molar-refractivity contribution >= 4 is 39.3 Å². The minimum atomic E-state index is -3.90. The second-order valence-electron chi connectivity index (χ2n) is 11.5. The van der Waals surface area contributed by atoms with Gasteiger partial charge in [-0.15, -0.1) is 0 Å². The van der Waals surface area contributed by atoms with Crippen molar-refractivity contribution < 1.29 is 27.9 Å². The molecule has 3 heterocycles. The Balaban J connectivity index is 1.09. The largest absolute Gasteiger partial charge is 0.480 e. The number of hydrogen-bond acceptors (Lipinski definition) is 7. The van der Waals surface area contributed by atoms with E-state index >= 15 is 0 Å². The van der Waals surface area contributed by atoms with Crippen LogP contribution < -0.4 is 16.0 Å². The maximum Gasteiger partial charge on any atom is 0.326 e. The highest BCUT2D eigenvalue weighted by Gasteiger charge is 2.40. The van der Waals surface area contributed by atoms with Gasteiger partial charge >= 0.3 is 5.97 Å². The lowest BCUT2D eigenvalue weighted by molar-refractivity contribution is -0.142. The van der Waals surface area contributed by atoms with E-state index in [1.165, 1.54) is 17.7 Å². The predicted octanol–water partition coefficient (Wildman–Crippen LogP) is 3.76. The molecule has 5 rings (SSSR count). The molecule has 2 atom stereocenters. The van der Waals surface area contributed by atoms with Crippen molar-refractivity contribution in [2.75, 3.05) is 23.7 Å². The van der Waals surface area contributed by atoms with E-state index in [0.717, 1.165) is 54.5 Å². The zero-order chi connectivity index (χ0) is 31.8. The maximum absolute atomic E-state index is 13.1. The lowest BCUT2D eigenvalue weighted by Gasteiger charge is -2.25. The van der Waals surface area contributed by atoms with Crippen molar-refractivity contribution in [3.05, 3.63) is 83.6 Å². The number of sulfonamides is 1. The molecule has 45 heavy (non-hydrogen) atoms. The summed E-state index contributed by atoms with van der Waals surface area (Å²) in [5.41, 5.74) is 3.52. The molecule has 0 unspecified atom stereocenters. The molecule has 2 aromatic carbocycles. The normalized spacial score (nSPS) is 17.1. The fourth-order valence-corrected chi connectivity index (χ4v) is 7.45. The van der Waals surface area contributed by atoms with Gasteiger partial charge in [-0.2, -0.15) is 4.31 Å². The summed E-state index contributed by atoms with van der Waals surface area (Å²) in [4.78, 5) is 42.4. The number of amides is 2. The molecule has 2 aliphatic heterocycles. The van der Waals surface area contributed by atoms with E-state index in [4.69, 9.17) is 4.98 Å². The van der Waals surface area contributed by atoms with E-state index in [1.807, 2.05) is 0 Å². The number of nitrogens with one attached hydrogen (secondary N) is 3. The van der Waals surface area contributed by atoms with Crippen LogP contribution in [-0.2, 0) is 43.7 Å². The minimum Gasteiger partial charge on any atom is -0.480 e. The fourth-order valence-electron chi connectivity index (χ4n) is 5.77. The Kier molecular flexibility index (Phi) is 10.5. The third kappa shape index (κ3) is 8.25. The van der Waals surface area contributed by atoms with Gasteiger partial charge in [0.05, 0.1) is 4.90 Å². The molecule has 11 nitrogen and oxygen atoms in total. The molecule has 2 aliphatic rings. The minimum absolute atomic E-state index is 0.000294. The number of fused-ring (bicyclic) bond motifs is 1. The molecule has 1 saturated heterocycles. The summed E-state index contributed by atoms with van der Waals surface area (Å²) in [7, 11) is -3.90. The smallest absolute Gasteiger partial charge is 0.326 e. The Labute approximate surface area is 263 Å². The molecule has 3 aromatic rings. The topological polar surface area (TPSA) is 158 Å². The van der Waals surface area contributed by atoms with Crippen LogP contribution in [0.4, 0.5) is 11.5 Å². The summed E-state index contributed by atoms with van der Waals surface area (Å²) in [6.45, 7) is 1.13. The first-order valence-corrected chi connectivity index (χ1v) is 16.9. The monoisotopic (exact) mass is 633 g/mol. The number of carbonyl (C=O) groups is 3. The molecule has 238 valence electrons. The summed E-state index contributed by atoms with van der Waals surface area (Å²) in [5.74, 6) is -0.989. The van der Waals surface area contributed by atoms with Crippen molar-refractivity contribution in [1.29, 1.82) is 0 Å². The van der Waals surface area contributed by atoms with Crippen LogP contribution in [0, 0.1) is 0 Å². The number of anilines is 2. The van der Waals surface area contributed by atoms with Gasteiger partial charge in [0, 0.05) is 37.3 Å². The Morgan fingerprint density at radius 2 is 1.78 bits per heavy atom. The molecule has 0 radical (unpaired) electrons. The van der Waals surface area contributed by atoms with Crippen LogP contribution in [0.2, 0.25) is 0 Å². The number of hydrogen-bond donors (Lipinski definition) is 4. The van der Waals surface area contributed by atoms with Crippen LogP contribution in [-0.4, -0.2) is 65.8 Å². The fraction of sp³-hybridized carbons (Fsp3) is 0.394. The number of nitrogens with zero attached hydrogens (tertiary/aromatic N) is 2. The third-order valence-electron chi connectivity index (χ3n) is 8.19. The molecule has 2 amide bonds. The molecule has 0 spiro atoms. The average molecular weight is 634 g/mol. The van der Waals surface area contributed by atoms with Crippen molar-refractivity contribution in [1.82, 2.24) is 14.6 Å². The van der Waals surface area contributed by atoms with Gasteiger partial charge in [-0.05, 0) is 86.4 Å². The SMILES string of the molecule is O=C(CCCCc1ccc2c(n1)NCCC2)Nc1ccc(C[C@H](NC(=O)[C@@H]2CCCN2S(=O)(=O)c2ccccc2)C(=O)O)cc1. The molecule has 4 N–H and O–H groups in total. The summed E-state index contributed by atoms with van der Waals surface area (Å²) in [6, 6.07) is 16.6. The Morgan fingerprint density at radius 1 is 1.00 bits per heavy atom. The van der Waals surface area contributed by atoms with Crippen molar-refractivity contribution in [3.8, 4) is 0 Å². The number of benzene rings is 2. The maximum atomic E-state index is 13.1. The number of aliphatic carboxylic acids is 1. The number of carboxylic acid groups (broad SMARTS) is 1. The molecular formula is C33H39N5O6S. The second kappa shape index (κ2) is 14.7. The first-order valence-electron chi connectivity index (χ1n) is 15.4. The van der Waals surface area contributed by atoms with Crippen LogP contribution in [0.1, 0.15) is 55.3 Å². The quantitative estimate of drug-likeness (QED) is 0.207. The van der Waals surface area contributed by atoms with Crippen LogP contribution in [0.5, 0.6) is 0 Å². The lowest BCUT2D eigenvalue weighted by Crippen LogP contribution is -2.51. The zero-order valence-electron chi connectivity index (χ0n) is 25.1. The zero-order valence-corrected chi connectivity index (χ0v) is 25.9. The first-order chi connectivity index (χ1) is 21.7. The van der Waals surface area contributed by atoms with E-state index < -0.39 is 34.0 Å². The van der Waals surface area contributed by atoms with Crippen molar-refractivity contribution in [2.24, 2.45) is 0 Å². The van der Waals surface area contributed by atoms with Crippen LogP contribution in [0.15, 0.2) is 71.6 Å². The number of carboxylic acids is 1. The van der Waals surface area contributed by atoms with Gasteiger partial charge in [-0.1, -0.05) is 36.4 Å². The lowest BCUT2D eigenvalue weighted by atomic mass is 10.0. The van der Waals surface area contributed by atoms with E-state index in [9.17, 15) is 27.9 Å². The van der Waals surface area contributed by atoms with Gasteiger partial charge in [-0.3, -0.25) is 9.59 Å². The van der Waals surface area contributed by atoms with Crippen LogP contribution in [0.3, 0.4) is 0 Å². The van der Waals surface area contributed by atoms with Gasteiger partial charge in [0.15, 0.2) is 0 Å². The second-order valence-corrected chi connectivity index (χ2v) is 13.4. The third-order valence-corrected chi connectivity index (χ3v) is 10.1. The number of carbonyl (C=O) groups excluding carboxylic acids is 2. The van der Waals surface area contributed by atoms with E-state index in [1.54, 1.807) is 42.5 Å². The van der Waals surface area contributed by atoms with Gasteiger partial charge in [-0.25, -0.2) is 18.2 Å². The van der Waals surface area contributed by atoms with Gasteiger partial charge in [0.2, 0.25) is 21.8 Å². The Bertz CT molecular complexity index is 1610. The Morgan fingerprint density at radius 3 is 2.53 bits per heavy atom. The molecule has 0 saturated carbocycles. The van der Waals surface area contributed by atoms with Gasteiger partial charge in [0.1, 0.15) is 17.9 Å². The van der Waals surface area contributed by atoms with E-state index in [-0.39, 0.29) is 23.8 Å². The molecule has 0 aliphatic carbocycles. The summed E-state index contributed by atoms with van der Waals surface area (Å²) >= 11 is 0. The first kappa shape index (κ1) is 32.1. The Hall–Kier alpha value is -4.29. The molecule has 0 bridgehead atoms. The van der Waals surface area contributed by atoms with E-state index in [0.29, 0.717) is 30.5 Å². The standard InChI is InChI=1S/C33H39N5O6S/c39-30(13-5-4-9-25-19-16-24-8-6-20-34-31(24)36-25)35-26-17-14-23(15-18-26)22-28(33(41)42)37-32(40)29-12-7-21-38(29)45(43,44)27-10-2-1-3-11-27/h1-3,10-11,14-19,28-29H,4-9,12-13,20-22H2,(H,34,36)(H,35,39)(H,37,40)(H,41,42)/t28-,29-/m0/s1. The average Bonchev–Trinajstić information content (AvgIpc) is 3.55. The van der Waals surface area contributed by atoms with E-state index in [2.05, 4.69) is 28.1 Å². The number of pyridine rings is 1. The summed E-state index contributed by atoms with van der Waals surface area (Å²) in [5, 5.41) is 18.6. The number of rotatable bonds is 13. The van der Waals surface area contributed by atoms with Crippen LogP contribution >= 0.6 is 0 Å².